The summed E-state index contributed by atoms with van der Waals surface area (Å²) in [7, 11) is 0. The highest BCUT2D eigenvalue weighted by atomic mass is 127. The minimum atomic E-state index is -0.331. The summed E-state index contributed by atoms with van der Waals surface area (Å²) >= 11 is 0. The van der Waals surface area contributed by atoms with Crippen molar-refractivity contribution in [2.45, 2.75) is 19.9 Å². The molecule has 9 heteroatoms. The van der Waals surface area contributed by atoms with Gasteiger partial charge in [-0.15, -0.1) is 24.0 Å². The Hall–Kier alpha value is -2.30. The fourth-order valence-electron chi connectivity index (χ4n) is 3.08. The van der Waals surface area contributed by atoms with Gasteiger partial charge in [-0.05, 0) is 30.9 Å². The van der Waals surface area contributed by atoms with Gasteiger partial charge >= 0.3 is 6.03 Å². The van der Waals surface area contributed by atoms with Gasteiger partial charge in [0, 0.05) is 44.4 Å². The average Bonchev–Trinajstić information content (AvgIpc) is 3.23. The van der Waals surface area contributed by atoms with Crippen molar-refractivity contribution in [2.24, 2.45) is 4.99 Å². The first-order chi connectivity index (χ1) is 13.2. The van der Waals surface area contributed by atoms with E-state index in [-0.39, 0.29) is 42.5 Å². The normalized spacial score (nSPS) is 14.2. The molecule has 0 saturated carbocycles. The number of carbonyl (C=O) groups excluding carboxylic acids is 2. The molecule has 2 aromatic rings. The number of aryl methyl sites for hydroxylation is 1. The number of aliphatic imine (C=N–C) groups is 1. The number of aromatic nitrogens is 1. The minimum absolute atomic E-state index is 0. The van der Waals surface area contributed by atoms with Crippen molar-refractivity contribution in [2.75, 3.05) is 32.7 Å². The van der Waals surface area contributed by atoms with E-state index in [1.807, 2.05) is 13.0 Å². The van der Waals surface area contributed by atoms with Crippen molar-refractivity contribution >= 4 is 52.8 Å². The lowest BCUT2D eigenvalue weighted by Gasteiger charge is -2.15. The maximum absolute atomic E-state index is 11.6. The van der Waals surface area contributed by atoms with Gasteiger partial charge in [-0.1, -0.05) is 18.2 Å². The van der Waals surface area contributed by atoms with Crippen LogP contribution in [0.4, 0.5) is 4.79 Å². The van der Waals surface area contributed by atoms with E-state index >= 15 is 0 Å². The van der Waals surface area contributed by atoms with E-state index in [9.17, 15) is 9.59 Å². The van der Waals surface area contributed by atoms with Crippen molar-refractivity contribution in [3.63, 3.8) is 0 Å². The highest BCUT2D eigenvalue weighted by Gasteiger charge is 2.27. The van der Waals surface area contributed by atoms with E-state index in [1.165, 1.54) is 15.8 Å². The second kappa shape index (κ2) is 10.9. The molecule has 152 valence electrons. The summed E-state index contributed by atoms with van der Waals surface area (Å²) in [6.07, 6.45) is 3.03. The monoisotopic (exact) mass is 498 g/mol. The number of hydrogen-bond donors (Lipinski definition) is 3. The summed E-state index contributed by atoms with van der Waals surface area (Å²) < 4.78 is 2.24. The van der Waals surface area contributed by atoms with Crippen LogP contribution in [0.1, 0.15) is 13.3 Å². The van der Waals surface area contributed by atoms with E-state index in [1.54, 1.807) is 0 Å². The van der Waals surface area contributed by atoms with Crippen molar-refractivity contribution in [3.8, 4) is 0 Å². The lowest BCUT2D eigenvalue weighted by Crippen LogP contribution is -2.43. The third kappa shape index (κ3) is 5.60. The van der Waals surface area contributed by atoms with Crippen LogP contribution in [0.5, 0.6) is 0 Å². The van der Waals surface area contributed by atoms with Crippen LogP contribution in [0.3, 0.4) is 0 Å². The number of fused-ring (bicyclic) bond motifs is 1. The standard InChI is InChI=1S/C19H26N6O2.HI/c1-2-20-18(22-10-13-25-17(26)14-23-19(25)27)21-9-5-11-24-12-8-15-6-3-4-7-16(15)24;/h3-4,6-8,12H,2,5,9-11,13-14H2,1H3,(H,23,27)(H2,20,21,22);1H. The van der Waals surface area contributed by atoms with E-state index in [0.29, 0.717) is 25.6 Å². The molecule has 3 N–H and O–H groups in total. The Morgan fingerprint density at radius 1 is 1.18 bits per heavy atom. The lowest BCUT2D eigenvalue weighted by atomic mass is 10.2. The molecule has 0 aliphatic carbocycles. The van der Waals surface area contributed by atoms with Gasteiger partial charge in [0.1, 0.15) is 0 Å². The number of nitrogens with one attached hydrogen (secondary N) is 3. The van der Waals surface area contributed by atoms with Crippen molar-refractivity contribution in [1.29, 1.82) is 0 Å². The zero-order chi connectivity index (χ0) is 19.1. The number of urea groups is 1. The first-order valence-corrected chi connectivity index (χ1v) is 9.33. The highest BCUT2D eigenvalue weighted by Crippen LogP contribution is 2.15. The third-order valence-electron chi connectivity index (χ3n) is 4.42. The SMILES string of the molecule is CCNC(=NCCCn1ccc2ccccc21)NCCN1C(=O)CNC1=O.I. The fourth-order valence-corrected chi connectivity index (χ4v) is 3.08. The van der Waals surface area contributed by atoms with Gasteiger partial charge in [-0.3, -0.25) is 14.7 Å². The van der Waals surface area contributed by atoms with Crippen LogP contribution in [-0.2, 0) is 11.3 Å². The molecule has 0 radical (unpaired) electrons. The van der Waals surface area contributed by atoms with Gasteiger partial charge in [-0.25, -0.2) is 4.79 Å². The largest absolute Gasteiger partial charge is 0.357 e. The third-order valence-corrected chi connectivity index (χ3v) is 4.42. The molecule has 1 aromatic carbocycles. The first kappa shape index (κ1) is 22.0. The Morgan fingerprint density at radius 2 is 2.00 bits per heavy atom. The maximum Gasteiger partial charge on any atom is 0.324 e. The number of amides is 3. The summed E-state index contributed by atoms with van der Waals surface area (Å²) in [5, 5.41) is 10.1. The number of rotatable bonds is 8. The number of imide groups is 1. The van der Waals surface area contributed by atoms with Crippen molar-refractivity contribution in [3.05, 3.63) is 36.5 Å². The zero-order valence-electron chi connectivity index (χ0n) is 16.0. The Kier molecular flexibility index (Phi) is 8.55. The van der Waals surface area contributed by atoms with Crippen LogP contribution in [-0.4, -0.2) is 60.1 Å². The number of para-hydroxylation sites is 1. The molecule has 8 nitrogen and oxygen atoms in total. The van der Waals surface area contributed by atoms with E-state index in [2.05, 4.69) is 56.0 Å². The Bertz CT molecular complexity index is 819. The number of nitrogens with zero attached hydrogens (tertiary/aromatic N) is 3. The molecule has 1 saturated heterocycles. The summed E-state index contributed by atoms with van der Waals surface area (Å²) in [4.78, 5) is 28.9. The summed E-state index contributed by atoms with van der Waals surface area (Å²) in [6, 6.07) is 10.1. The van der Waals surface area contributed by atoms with Gasteiger partial charge in [0.2, 0.25) is 5.91 Å². The minimum Gasteiger partial charge on any atom is -0.357 e. The molecule has 3 amide bonds. The molecule has 0 atom stereocenters. The molecule has 0 bridgehead atoms. The van der Waals surface area contributed by atoms with Crippen molar-refractivity contribution in [1.82, 2.24) is 25.4 Å². The second-order valence-corrected chi connectivity index (χ2v) is 6.31. The van der Waals surface area contributed by atoms with E-state index in [0.717, 1.165) is 19.5 Å². The fraction of sp³-hybridized carbons (Fsp3) is 0.421. The lowest BCUT2D eigenvalue weighted by molar-refractivity contribution is -0.124. The summed E-state index contributed by atoms with van der Waals surface area (Å²) in [5.41, 5.74) is 1.24. The molecule has 2 heterocycles. The molecular formula is C19H27IN6O2. The Balaban J connectivity index is 0.00000280. The quantitative estimate of drug-likeness (QED) is 0.170. The average molecular weight is 498 g/mol. The number of benzene rings is 1. The smallest absolute Gasteiger partial charge is 0.324 e. The number of guanidine groups is 1. The van der Waals surface area contributed by atoms with Gasteiger partial charge in [0.25, 0.3) is 0 Å². The predicted octanol–water partition coefficient (Wildman–Crippen LogP) is 1.76. The summed E-state index contributed by atoms with van der Waals surface area (Å²) in [5.74, 6) is 0.504. The van der Waals surface area contributed by atoms with Crippen LogP contribution in [0.2, 0.25) is 0 Å². The van der Waals surface area contributed by atoms with Gasteiger partial charge in [-0.2, -0.15) is 0 Å². The van der Waals surface area contributed by atoms with Gasteiger partial charge in [0.05, 0.1) is 6.54 Å². The molecule has 0 unspecified atom stereocenters. The van der Waals surface area contributed by atoms with Crippen LogP contribution >= 0.6 is 24.0 Å². The summed E-state index contributed by atoms with van der Waals surface area (Å²) in [6.45, 7) is 5.21. The van der Waals surface area contributed by atoms with E-state index < -0.39 is 0 Å². The van der Waals surface area contributed by atoms with Crippen LogP contribution < -0.4 is 16.0 Å². The molecule has 3 rings (SSSR count). The number of carbonyl (C=O) groups is 2. The van der Waals surface area contributed by atoms with Crippen LogP contribution in [0.25, 0.3) is 10.9 Å². The molecule has 1 aliphatic heterocycles. The number of halogens is 1. The number of hydrogen-bond acceptors (Lipinski definition) is 3. The second-order valence-electron chi connectivity index (χ2n) is 6.31. The highest BCUT2D eigenvalue weighted by molar-refractivity contribution is 14.0. The molecule has 0 spiro atoms. The maximum atomic E-state index is 11.6. The van der Waals surface area contributed by atoms with Crippen molar-refractivity contribution < 1.29 is 9.59 Å². The molecule has 28 heavy (non-hydrogen) atoms. The Morgan fingerprint density at radius 3 is 2.75 bits per heavy atom. The topological polar surface area (TPSA) is 90.8 Å². The van der Waals surface area contributed by atoms with Gasteiger partial charge < -0.3 is 20.5 Å². The molecule has 1 fully saturated rings. The van der Waals surface area contributed by atoms with Crippen LogP contribution in [0, 0.1) is 0 Å². The van der Waals surface area contributed by atoms with E-state index in [4.69, 9.17) is 0 Å². The Labute approximate surface area is 181 Å². The molecule has 1 aromatic heterocycles. The van der Waals surface area contributed by atoms with Gasteiger partial charge in [0.15, 0.2) is 5.96 Å². The first-order valence-electron chi connectivity index (χ1n) is 9.33. The molecule has 1 aliphatic rings. The zero-order valence-corrected chi connectivity index (χ0v) is 18.3. The van der Waals surface area contributed by atoms with Crippen LogP contribution in [0.15, 0.2) is 41.5 Å². The molecular weight excluding hydrogens is 471 g/mol. The predicted molar refractivity (Wildman–Crippen MR) is 121 cm³/mol.